The third-order valence-electron chi connectivity index (χ3n) is 5.02. The molecule has 2 atom stereocenters. The quantitative estimate of drug-likeness (QED) is 0.730. The van der Waals surface area contributed by atoms with Crippen molar-refractivity contribution in [1.29, 1.82) is 0 Å². The molecule has 8 nitrogen and oxygen atoms in total. The molecule has 2 N–H and O–H groups in total. The van der Waals surface area contributed by atoms with E-state index in [-0.39, 0.29) is 24.1 Å². The van der Waals surface area contributed by atoms with Crippen LogP contribution in [0.15, 0.2) is 42.5 Å². The Balaban J connectivity index is 0.00000107. The highest BCUT2D eigenvalue weighted by Crippen LogP contribution is 2.39. The fourth-order valence-corrected chi connectivity index (χ4v) is 4.36. The predicted octanol–water partition coefficient (Wildman–Crippen LogP) is 3.34. The zero-order valence-corrected chi connectivity index (χ0v) is 18.8. The van der Waals surface area contributed by atoms with Gasteiger partial charge in [-0.3, -0.25) is 9.52 Å². The molecular weight excluding hydrogens is 418 g/mol. The minimum Gasteiger partial charge on any atom is -0.378 e. The summed E-state index contributed by atoms with van der Waals surface area (Å²) >= 11 is 0. The number of nitrogens with one attached hydrogen (secondary N) is 2. The van der Waals surface area contributed by atoms with Gasteiger partial charge in [0.1, 0.15) is 0 Å². The van der Waals surface area contributed by atoms with E-state index in [1.165, 1.54) is 5.56 Å². The van der Waals surface area contributed by atoms with Gasteiger partial charge >= 0.3 is 6.15 Å². The molecule has 3 rings (SSSR count). The molecule has 1 heterocycles. The van der Waals surface area contributed by atoms with Crippen molar-refractivity contribution in [2.24, 2.45) is 0 Å². The van der Waals surface area contributed by atoms with Crippen LogP contribution in [0.3, 0.4) is 0 Å². The van der Waals surface area contributed by atoms with Crippen molar-refractivity contribution in [3.8, 4) is 0 Å². The summed E-state index contributed by atoms with van der Waals surface area (Å²) < 4.78 is 25.2. The van der Waals surface area contributed by atoms with E-state index in [4.69, 9.17) is 9.59 Å². The number of anilines is 3. The van der Waals surface area contributed by atoms with Crippen LogP contribution in [0.2, 0.25) is 0 Å². The first-order valence-corrected chi connectivity index (χ1v) is 11.7. The Bertz CT molecular complexity index is 1060. The Kier molecular flexibility index (Phi) is 7.96. The van der Waals surface area contributed by atoms with Gasteiger partial charge in [0.05, 0.1) is 12.3 Å². The SMILES string of the molecule is CCc1ccc2c(c1)C(Nc1ccc(NS(C)(=O)=O)cc1)CC(C)N2C(C)=O.O=C=O. The average molecular weight is 446 g/mol. The lowest BCUT2D eigenvalue weighted by atomic mass is 9.89. The Morgan fingerprint density at radius 3 is 2.23 bits per heavy atom. The van der Waals surface area contributed by atoms with E-state index >= 15 is 0 Å². The zero-order valence-electron chi connectivity index (χ0n) is 18.0. The van der Waals surface area contributed by atoms with E-state index in [1.54, 1.807) is 19.1 Å². The molecule has 0 aromatic heterocycles. The van der Waals surface area contributed by atoms with Crippen molar-refractivity contribution in [1.82, 2.24) is 0 Å². The summed E-state index contributed by atoms with van der Waals surface area (Å²) in [4.78, 5) is 30.3. The molecular formula is C22H27N3O5S. The topological polar surface area (TPSA) is 113 Å². The fraction of sp³-hybridized carbons (Fsp3) is 0.364. The molecule has 0 aliphatic carbocycles. The summed E-state index contributed by atoms with van der Waals surface area (Å²) in [5.74, 6) is 0.0488. The molecule has 166 valence electrons. The van der Waals surface area contributed by atoms with E-state index in [1.807, 2.05) is 23.1 Å². The lowest BCUT2D eigenvalue weighted by molar-refractivity contribution is -0.191. The van der Waals surface area contributed by atoms with Gasteiger partial charge < -0.3 is 10.2 Å². The standard InChI is InChI=1S/C21H27N3O3S.CO2/c1-5-16-6-11-21-19(13-16)20(12-14(2)24(21)15(3)25)22-17-7-9-18(10-8-17)23-28(4,26)27;2-1-3/h6-11,13-14,20,22-23H,5,12H2,1-4H3;. The van der Waals surface area contributed by atoms with Crippen molar-refractivity contribution in [2.75, 3.05) is 21.2 Å². The van der Waals surface area contributed by atoms with Crippen LogP contribution in [-0.4, -0.2) is 32.8 Å². The number of fused-ring (bicyclic) bond motifs is 1. The molecule has 0 saturated carbocycles. The molecule has 2 aromatic carbocycles. The van der Waals surface area contributed by atoms with Gasteiger partial charge in [-0.25, -0.2) is 8.42 Å². The van der Waals surface area contributed by atoms with Crippen molar-refractivity contribution < 1.29 is 22.8 Å². The molecule has 0 saturated heterocycles. The second-order valence-electron chi connectivity index (χ2n) is 7.45. The molecule has 0 bridgehead atoms. The summed E-state index contributed by atoms with van der Waals surface area (Å²) in [5, 5.41) is 3.55. The Labute approximate surface area is 182 Å². The monoisotopic (exact) mass is 445 g/mol. The average Bonchev–Trinajstić information content (AvgIpc) is 2.68. The smallest absolute Gasteiger partial charge is 0.373 e. The molecule has 0 fully saturated rings. The number of hydrogen-bond donors (Lipinski definition) is 2. The first kappa shape index (κ1) is 24.1. The van der Waals surface area contributed by atoms with Gasteiger partial charge in [-0.1, -0.05) is 19.1 Å². The van der Waals surface area contributed by atoms with Gasteiger partial charge in [-0.2, -0.15) is 9.59 Å². The second-order valence-corrected chi connectivity index (χ2v) is 9.20. The van der Waals surface area contributed by atoms with E-state index in [9.17, 15) is 13.2 Å². The minimum atomic E-state index is -3.29. The van der Waals surface area contributed by atoms with Gasteiger partial charge in [0.25, 0.3) is 0 Å². The van der Waals surface area contributed by atoms with E-state index in [2.05, 4.69) is 36.0 Å². The summed E-state index contributed by atoms with van der Waals surface area (Å²) in [7, 11) is -3.29. The van der Waals surface area contributed by atoms with Crippen molar-refractivity contribution in [3.05, 3.63) is 53.6 Å². The highest BCUT2D eigenvalue weighted by molar-refractivity contribution is 7.92. The van der Waals surface area contributed by atoms with Crippen LogP contribution in [0.5, 0.6) is 0 Å². The van der Waals surface area contributed by atoms with E-state index < -0.39 is 10.0 Å². The number of carbonyl (C=O) groups is 1. The highest BCUT2D eigenvalue weighted by atomic mass is 32.2. The number of benzene rings is 2. The number of aryl methyl sites for hydroxylation is 1. The maximum absolute atomic E-state index is 12.2. The third kappa shape index (κ3) is 6.41. The fourth-order valence-electron chi connectivity index (χ4n) is 3.80. The lowest BCUT2D eigenvalue weighted by Gasteiger charge is -2.39. The van der Waals surface area contributed by atoms with Crippen LogP contribution in [0.4, 0.5) is 17.1 Å². The normalized spacial score (nSPS) is 17.5. The number of sulfonamides is 1. The predicted molar refractivity (Wildman–Crippen MR) is 119 cm³/mol. The summed E-state index contributed by atoms with van der Waals surface area (Å²) in [5.41, 5.74) is 4.74. The van der Waals surface area contributed by atoms with Gasteiger partial charge in [0.15, 0.2) is 0 Å². The van der Waals surface area contributed by atoms with Crippen LogP contribution in [0, 0.1) is 0 Å². The second kappa shape index (κ2) is 10.2. The number of carbonyl (C=O) groups excluding carboxylic acids is 3. The highest BCUT2D eigenvalue weighted by Gasteiger charge is 2.32. The summed E-state index contributed by atoms with van der Waals surface area (Å²) in [6.07, 6.45) is 3.11. The Morgan fingerprint density at radius 2 is 1.71 bits per heavy atom. The van der Waals surface area contributed by atoms with Gasteiger partial charge in [-0.05, 0) is 61.2 Å². The van der Waals surface area contributed by atoms with Gasteiger partial charge in [0, 0.05) is 30.0 Å². The van der Waals surface area contributed by atoms with E-state index in [0.29, 0.717) is 5.69 Å². The minimum absolute atomic E-state index is 0.0488. The third-order valence-corrected chi connectivity index (χ3v) is 5.63. The Morgan fingerprint density at radius 1 is 1.13 bits per heavy atom. The molecule has 31 heavy (non-hydrogen) atoms. The van der Waals surface area contributed by atoms with Crippen LogP contribution >= 0.6 is 0 Å². The van der Waals surface area contributed by atoms with Crippen LogP contribution < -0.4 is 14.9 Å². The van der Waals surface area contributed by atoms with Crippen LogP contribution in [0.25, 0.3) is 0 Å². The first-order valence-electron chi connectivity index (χ1n) is 9.85. The molecule has 1 aliphatic heterocycles. The summed E-state index contributed by atoms with van der Waals surface area (Å²) in [6.45, 7) is 5.78. The van der Waals surface area contributed by atoms with Gasteiger partial charge in [-0.15, -0.1) is 0 Å². The van der Waals surface area contributed by atoms with Crippen molar-refractivity contribution >= 4 is 39.1 Å². The summed E-state index contributed by atoms with van der Waals surface area (Å²) in [6, 6.07) is 13.6. The number of rotatable bonds is 5. The molecule has 2 unspecified atom stereocenters. The molecule has 0 spiro atoms. The van der Waals surface area contributed by atoms with Gasteiger partial charge in [0.2, 0.25) is 15.9 Å². The number of amides is 1. The molecule has 9 heteroatoms. The number of hydrogen-bond acceptors (Lipinski definition) is 6. The molecule has 0 radical (unpaired) electrons. The zero-order chi connectivity index (χ0) is 23.2. The maximum Gasteiger partial charge on any atom is 0.373 e. The lowest BCUT2D eigenvalue weighted by Crippen LogP contribution is -2.43. The van der Waals surface area contributed by atoms with Crippen LogP contribution in [-0.2, 0) is 30.8 Å². The van der Waals surface area contributed by atoms with Crippen molar-refractivity contribution in [2.45, 2.75) is 45.7 Å². The van der Waals surface area contributed by atoms with Crippen LogP contribution in [0.1, 0.15) is 44.4 Å². The maximum atomic E-state index is 12.2. The Hall–Kier alpha value is -3.16. The van der Waals surface area contributed by atoms with Crippen molar-refractivity contribution in [3.63, 3.8) is 0 Å². The first-order chi connectivity index (χ1) is 14.6. The van der Waals surface area contributed by atoms with E-state index in [0.717, 1.165) is 36.0 Å². The largest absolute Gasteiger partial charge is 0.378 e. The molecule has 1 aliphatic rings. The molecule has 2 aromatic rings. The number of nitrogens with zero attached hydrogens (tertiary/aromatic N) is 1. The molecule has 1 amide bonds.